The van der Waals surface area contributed by atoms with Gasteiger partial charge in [0.15, 0.2) is 0 Å². The van der Waals surface area contributed by atoms with Crippen molar-refractivity contribution in [3.63, 3.8) is 0 Å². The van der Waals surface area contributed by atoms with E-state index in [2.05, 4.69) is 21.3 Å². The molecule has 0 fully saturated rings. The predicted molar refractivity (Wildman–Crippen MR) is 103 cm³/mol. The maximum atomic E-state index is 9.18. The van der Waals surface area contributed by atoms with Gasteiger partial charge in [0.25, 0.3) is 0 Å². The van der Waals surface area contributed by atoms with Crippen LogP contribution in [0.15, 0.2) is 67.3 Å². The normalized spacial score (nSPS) is 10.4. The van der Waals surface area contributed by atoms with Gasteiger partial charge in [-0.05, 0) is 36.4 Å². The van der Waals surface area contributed by atoms with Crippen LogP contribution >= 0.6 is 0 Å². The molecule has 0 aliphatic carbocycles. The molecule has 4 aromatic rings. The summed E-state index contributed by atoms with van der Waals surface area (Å²) >= 11 is 0. The van der Waals surface area contributed by atoms with Crippen molar-refractivity contribution in [3.8, 4) is 34.7 Å². The fourth-order valence-electron chi connectivity index (χ4n) is 2.89. The average molecular weight is 365 g/mol. The van der Waals surface area contributed by atoms with Crippen molar-refractivity contribution in [2.75, 3.05) is 0 Å². The van der Waals surface area contributed by atoms with E-state index in [4.69, 9.17) is 5.26 Å². The molecular formula is C21H15N7. The number of benzene rings is 1. The van der Waals surface area contributed by atoms with E-state index in [9.17, 15) is 5.26 Å². The molecular weight excluding hydrogens is 350 g/mol. The van der Waals surface area contributed by atoms with Gasteiger partial charge in [0.2, 0.25) is 0 Å². The van der Waals surface area contributed by atoms with E-state index in [-0.39, 0.29) is 0 Å². The summed E-state index contributed by atoms with van der Waals surface area (Å²) in [5, 5.41) is 27.4. The third kappa shape index (κ3) is 3.50. The number of hydrogen-bond acceptors (Lipinski definition) is 5. The third-order valence-corrected chi connectivity index (χ3v) is 4.35. The Morgan fingerprint density at radius 2 is 1.46 bits per heavy atom. The molecule has 7 heteroatoms. The Hall–Kier alpha value is -4.23. The summed E-state index contributed by atoms with van der Waals surface area (Å²) in [5.74, 6) is 0. The summed E-state index contributed by atoms with van der Waals surface area (Å²) in [5.41, 5.74) is 4.17. The Morgan fingerprint density at radius 1 is 0.786 bits per heavy atom. The number of nitrogens with zero attached hydrogens (tertiary/aromatic N) is 7. The van der Waals surface area contributed by atoms with Crippen molar-refractivity contribution in [3.05, 3.63) is 78.4 Å². The zero-order valence-electron chi connectivity index (χ0n) is 14.9. The molecule has 0 radical (unpaired) electrons. The molecule has 0 amide bonds. The Kier molecular flexibility index (Phi) is 4.65. The Morgan fingerprint density at radius 3 is 2.07 bits per heavy atom. The highest BCUT2D eigenvalue weighted by molar-refractivity contribution is 5.64. The van der Waals surface area contributed by atoms with E-state index < -0.39 is 0 Å². The highest BCUT2D eigenvalue weighted by atomic mass is 15.3. The number of aromatic nitrogens is 5. The molecule has 0 aliphatic rings. The molecule has 0 aliphatic heterocycles. The van der Waals surface area contributed by atoms with Gasteiger partial charge in [-0.2, -0.15) is 20.7 Å². The number of nitriles is 2. The lowest BCUT2D eigenvalue weighted by atomic mass is 10.0. The van der Waals surface area contributed by atoms with Crippen LogP contribution in [0.1, 0.15) is 11.1 Å². The average Bonchev–Trinajstić information content (AvgIpc) is 3.42. The molecule has 0 saturated heterocycles. The van der Waals surface area contributed by atoms with Crippen LogP contribution in [-0.2, 0) is 13.1 Å². The zero-order valence-corrected chi connectivity index (χ0v) is 14.9. The van der Waals surface area contributed by atoms with Gasteiger partial charge in [0, 0.05) is 35.9 Å². The molecule has 0 N–H and O–H groups in total. The molecule has 0 atom stereocenters. The highest BCUT2D eigenvalue weighted by Gasteiger charge is 2.08. The minimum absolute atomic E-state index is 0.356. The summed E-state index contributed by atoms with van der Waals surface area (Å²) in [6.45, 7) is 1.34. The molecule has 0 saturated carbocycles. The SMILES string of the molecule is N#Cc1ccc(-c2ccn(CCn3ccc(-c4cccnc4)n3)n2)cc1C#N. The van der Waals surface area contributed by atoms with E-state index in [1.165, 1.54) is 0 Å². The molecule has 3 heterocycles. The van der Waals surface area contributed by atoms with Crippen LogP contribution in [0, 0.1) is 22.7 Å². The standard InChI is InChI=1S/C21H15N7/c22-13-17-4-3-16(12-19(17)14-23)20-5-8-27(25-20)10-11-28-9-6-21(26-28)18-2-1-7-24-15-18/h1-9,12,15H,10-11H2. The van der Waals surface area contributed by atoms with Crippen LogP contribution < -0.4 is 0 Å². The second kappa shape index (κ2) is 7.56. The summed E-state index contributed by atoms with van der Waals surface area (Å²) in [7, 11) is 0. The molecule has 3 aromatic heterocycles. The molecule has 4 rings (SSSR count). The van der Waals surface area contributed by atoms with E-state index in [1.807, 2.05) is 52.1 Å². The smallest absolute Gasteiger partial charge is 0.101 e. The predicted octanol–water partition coefficient (Wildman–Crippen LogP) is 3.25. The Labute approximate surface area is 161 Å². The third-order valence-electron chi connectivity index (χ3n) is 4.35. The van der Waals surface area contributed by atoms with E-state index in [1.54, 1.807) is 30.6 Å². The monoisotopic (exact) mass is 365 g/mol. The maximum absolute atomic E-state index is 9.18. The van der Waals surface area contributed by atoms with E-state index >= 15 is 0 Å². The second-order valence-electron chi connectivity index (χ2n) is 6.15. The Balaban J connectivity index is 1.46. The first kappa shape index (κ1) is 17.2. The van der Waals surface area contributed by atoms with Gasteiger partial charge in [-0.15, -0.1) is 0 Å². The minimum atomic E-state index is 0.356. The molecule has 134 valence electrons. The number of aryl methyl sites for hydroxylation is 2. The van der Waals surface area contributed by atoms with E-state index in [0.717, 1.165) is 22.5 Å². The molecule has 1 aromatic carbocycles. The fourth-order valence-corrected chi connectivity index (χ4v) is 2.89. The molecule has 28 heavy (non-hydrogen) atoms. The summed E-state index contributed by atoms with van der Waals surface area (Å²) in [6, 6.07) is 16.9. The molecule has 0 unspecified atom stereocenters. The summed E-state index contributed by atoms with van der Waals surface area (Å²) < 4.78 is 3.71. The van der Waals surface area contributed by atoms with Gasteiger partial charge in [0.05, 0.1) is 35.6 Å². The van der Waals surface area contributed by atoms with Crippen molar-refractivity contribution in [1.82, 2.24) is 24.5 Å². The summed E-state index contributed by atoms with van der Waals surface area (Å²) in [4.78, 5) is 4.12. The lowest BCUT2D eigenvalue weighted by molar-refractivity contribution is 0.501. The van der Waals surface area contributed by atoms with Gasteiger partial charge < -0.3 is 0 Å². The number of pyridine rings is 1. The number of hydrogen-bond donors (Lipinski definition) is 0. The minimum Gasteiger partial charge on any atom is -0.270 e. The van der Waals surface area contributed by atoms with Gasteiger partial charge in [0.1, 0.15) is 12.1 Å². The first-order valence-electron chi connectivity index (χ1n) is 8.69. The van der Waals surface area contributed by atoms with Crippen LogP contribution in [0.3, 0.4) is 0 Å². The van der Waals surface area contributed by atoms with E-state index in [0.29, 0.717) is 24.2 Å². The van der Waals surface area contributed by atoms with Crippen LogP contribution in [0.4, 0.5) is 0 Å². The quantitative estimate of drug-likeness (QED) is 0.541. The molecule has 0 spiro atoms. The van der Waals surface area contributed by atoms with Crippen LogP contribution in [-0.4, -0.2) is 24.5 Å². The second-order valence-corrected chi connectivity index (χ2v) is 6.15. The Bertz CT molecular complexity index is 1190. The molecule has 7 nitrogen and oxygen atoms in total. The van der Waals surface area contributed by atoms with Gasteiger partial charge in [-0.1, -0.05) is 6.07 Å². The lowest BCUT2D eigenvalue weighted by Gasteiger charge is -2.03. The molecule has 0 bridgehead atoms. The topological polar surface area (TPSA) is 96.1 Å². The van der Waals surface area contributed by atoms with Gasteiger partial charge >= 0.3 is 0 Å². The highest BCUT2D eigenvalue weighted by Crippen LogP contribution is 2.20. The number of rotatable bonds is 5. The van der Waals surface area contributed by atoms with Crippen molar-refractivity contribution in [2.24, 2.45) is 0 Å². The lowest BCUT2D eigenvalue weighted by Crippen LogP contribution is -2.08. The van der Waals surface area contributed by atoms with Gasteiger partial charge in [-0.25, -0.2) is 0 Å². The van der Waals surface area contributed by atoms with Crippen LogP contribution in [0.2, 0.25) is 0 Å². The summed E-state index contributed by atoms with van der Waals surface area (Å²) in [6.07, 6.45) is 7.36. The maximum Gasteiger partial charge on any atom is 0.101 e. The van der Waals surface area contributed by atoms with Crippen molar-refractivity contribution in [1.29, 1.82) is 10.5 Å². The van der Waals surface area contributed by atoms with Crippen molar-refractivity contribution >= 4 is 0 Å². The largest absolute Gasteiger partial charge is 0.270 e. The zero-order chi connectivity index (χ0) is 19.3. The van der Waals surface area contributed by atoms with Crippen LogP contribution in [0.5, 0.6) is 0 Å². The van der Waals surface area contributed by atoms with Crippen LogP contribution in [0.25, 0.3) is 22.5 Å². The first-order chi connectivity index (χ1) is 13.8. The fraction of sp³-hybridized carbons (Fsp3) is 0.0952. The first-order valence-corrected chi connectivity index (χ1v) is 8.69. The van der Waals surface area contributed by atoms with Crippen molar-refractivity contribution in [2.45, 2.75) is 13.1 Å². The van der Waals surface area contributed by atoms with Gasteiger partial charge in [-0.3, -0.25) is 14.3 Å². The van der Waals surface area contributed by atoms with Crippen molar-refractivity contribution < 1.29 is 0 Å².